The van der Waals surface area contributed by atoms with E-state index in [1.54, 1.807) is 172 Å². The number of phenolic OH excluding ortho intramolecular Hbond substituents is 4. The molecule has 0 radical (unpaired) electrons. The SMILES string of the molecule is COc1ccc(-c2sc3cc(O)ccc3c2C(=O)c2ccc(OCCOCCOCCOCC(=O)O)cc2)cc1.COc1ccc2c(C(=O)c3ccc(OCCOCCOCCOCC(=O)O)cc3)c(-c3ccc(O)cc3)sc2c1.O=C(O)COCCOCCOCCOc1ccc(C(=O)c2c(-c3ccc(O)cc3)sc3cc(O)ccc23)cc1. The Labute approximate surface area is 696 Å². The molecule has 0 fully saturated rings. The van der Waals surface area contributed by atoms with Gasteiger partial charge in [-0.2, -0.15) is 0 Å². The zero-order valence-corrected chi connectivity index (χ0v) is 67.4. The van der Waals surface area contributed by atoms with Gasteiger partial charge in [0.15, 0.2) is 17.3 Å². The molecule has 0 atom stereocenters. The van der Waals surface area contributed by atoms with Gasteiger partial charge in [0.05, 0.1) is 113 Å². The second kappa shape index (κ2) is 46.9. The summed E-state index contributed by atoms with van der Waals surface area (Å²) in [7, 11) is 3.21. The molecule has 0 saturated carbocycles. The lowest BCUT2D eigenvalue weighted by molar-refractivity contribution is -0.143. The van der Waals surface area contributed by atoms with Crippen LogP contribution in [0.4, 0.5) is 0 Å². The van der Waals surface area contributed by atoms with E-state index in [4.69, 9.17) is 81.6 Å². The van der Waals surface area contributed by atoms with Gasteiger partial charge < -0.3 is 102 Å². The first-order valence-corrected chi connectivity index (χ1v) is 39.8. The first kappa shape index (κ1) is 89.5. The maximum absolute atomic E-state index is 13.7. The number of carboxylic acid groups (broad SMARTS) is 3. The van der Waals surface area contributed by atoms with Crippen molar-refractivity contribution >= 4 is 99.5 Å². The van der Waals surface area contributed by atoms with Crippen LogP contribution in [-0.2, 0) is 57.0 Å². The monoisotopic (exact) mass is 1680 g/mol. The van der Waals surface area contributed by atoms with E-state index in [-0.39, 0.29) is 86.6 Å². The molecule has 624 valence electrons. The van der Waals surface area contributed by atoms with Gasteiger partial charge in [-0.25, -0.2) is 14.4 Å². The second-order valence-corrected chi connectivity index (χ2v) is 28.7. The largest absolute Gasteiger partial charge is 0.508 e. The maximum atomic E-state index is 13.7. The summed E-state index contributed by atoms with van der Waals surface area (Å²) in [6, 6.07) is 57.6. The third-order valence-corrected chi connectivity index (χ3v) is 20.9. The van der Waals surface area contributed by atoms with Gasteiger partial charge in [-0.3, -0.25) is 14.4 Å². The van der Waals surface area contributed by atoms with Crippen molar-refractivity contribution in [2.75, 3.05) is 153 Å². The van der Waals surface area contributed by atoms with Crippen molar-refractivity contribution in [1.82, 2.24) is 0 Å². The second-order valence-electron chi connectivity index (χ2n) is 25.6. The number of ether oxygens (including phenoxy) is 14. The minimum absolute atomic E-state index is 0.109. The molecule has 12 aromatic rings. The fourth-order valence-corrected chi connectivity index (χ4v) is 15.3. The Bertz CT molecular complexity index is 5260. The molecule has 0 aliphatic rings. The predicted octanol–water partition coefficient (Wildman–Crippen LogP) is 14.8. The van der Waals surface area contributed by atoms with Gasteiger partial charge in [0.25, 0.3) is 0 Å². The van der Waals surface area contributed by atoms with E-state index in [2.05, 4.69) is 0 Å². The molecule has 0 aliphatic heterocycles. The van der Waals surface area contributed by atoms with Crippen molar-refractivity contribution in [2.24, 2.45) is 0 Å². The molecule has 119 heavy (non-hydrogen) atoms. The average Bonchev–Trinajstić information content (AvgIpc) is 1.63. The quantitative estimate of drug-likeness (QED) is 0.0138. The predicted molar refractivity (Wildman–Crippen MR) is 448 cm³/mol. The number of aliphatic carboxylic acids is 3. The van der Waals surface area contributed by atoms with Crippen molar-refractivity contribution < 1.29 is 131 Å². The van der Waals surface area contributed by atoms with Crippen LogP contribution in [0.2, 0.25) is 0 Å². The first-order chi connectivity index (χ1) is 57.8. The lowest BCUT2D eigenvalue weighted by Gasteiger charge is -2.09. The number of methoxy groups -OCH3 is 2. The molecular weight excluding hydrogens is 1600 g/mol. The molecule has 12 rings (SSSR count). The van der Waals surface area contributed by atoms with Crippen LogP contribution in [0.5, 0.6) is 51.7 Å². The lowest BCUT2D eigenvalue weighted by Crippen LogP contribution is -2.14. The van der Waals surface area contributed by atoms with E-state index in [1.165, 1.54) is 34.0 Å². The molecule has 0 bridgehead atoms. The summed E-state index contributed by atoms with van der Waals surface area (Å²) < 4.78 is 77.2. The zero-order valence-electron chi connectivity index (χ0n) is 64.9. The summed E-state index contributed by atoms with van der Waals surface area (Å²) >= 11 is 4.38. The van der Waals surface area contributed by atoms with Gasteiger partial charge in [-0.15, -0.1) is 34.0 Å². The third kappa shape index (κ3) is 27.3. The van der Waals surface area contributed by atoms with Crippen LogP contribution >= 0.6 is 34.0 Å². The summed E-state index contributed by atoms with van der Waals surface area (Å²) in [6.07, 6.45) is 0. The van der Waals surface area contributed by atoms with Gasteiger partial charge >= 0.3 is 17.9 Å². The Morgan fingerprint density at radius 2 is 0.496 bits per heavy atom. The topological polar surface area (TPSA) is 373 Å². The normalized spacial score (nSPS) is 11.0. The van der Waals surface area contributed by atoms with Crippen LogP contribution in [0, 0.1) is 0 Å². The molecule has 0 unspecified atom stereocenters. The lowest BCUT2D eigenvalue weighted by atomic mass is 9.97. The summed E-state index contributed by atoms with van der Waals surface area (Å²) in [5.74, 6) is 0.417. The van der Waals surface area contributed by atoms with Crippen LogP contribution in [0.3, 0.4) is 0 Å². The van der Waals surface area contributed by atoms with Crippen LogP contribution in [0.1, 0.15) is 47.8 Å². The van der Waals surface area contributed by atoms with E-state index >= 15 is 0 Å². The minimum Gasteiger partial charge on any atom is -0.508 e. The van der Waals surface area contributed by atoms with Crippen molar-refractivity contribution in [3.8, 4) is 83.1 Å². The number of aromatic hydroxyl groups is 4. The average molecular weight is 1690 g/mol. The first-order valence-electron chi connectivity index (χ1n) is 37.4. The van der Waals surface area contributed by atoms with Crippen molar-refractivity contribution in [2.45, 2.75) is 0 Å². The van der Waals surface area contributed by atoms with E-state index in [0.29, 0.717) is 149 Å². The third-order valence-electron chi connectivity index (χ3n) is 17.3. The molecule has 9 aromatic carbocycles. The van der Waals surface area contributed by atoms with Gasteiger partial charge in [0.2, 0.25) is 0 Å². The van der Waals surface area contributed by atoms with Gasteiger partial charge in [0.1, 0.15) is 91.4 Å². The smallest absolute Gasteiger partial charge is 0.329 e. The summed E-state index contributed by atoms with van der Waals surface area (Å²) in [6.45, 7) is 4.74. The molecule has 0 aliphatic carbocycles. The molecule has 0 amide bonds. The minimum atomic E-state index is -1.02. The van der Waals surface area contributed by atoms with Crippen LogP contribution < -0.4 is 23.7 Å². The highest BCUT2D eigenvalue weighted by Crippen LogP contribution is 2.45. The Morgan fingerprint density at radius 3 is 0.782 bits per heavy atom. The molecule has 0 saturated heterocycles. The van der Waals surface area contributed by atoms with Crippen LogP contribution in [0.25, 0.3) is 61.6 Å². The maximum Gasteiger partial charge on any atom is 0.329 e. The number of carboxylic acids is 3. The molecule has 7 N–H and O–H groups in total. The summed E-state index contributed by atoms with van der Waals surface area (Å²) in [5, 5.41) is 67.2. The number of benzene rings is 9. The zero-order chi connectivity index (χ0) is 84.3. The molecular formula is C89H88O27S3. The Balaban J connectivity index is 0.000000188. The Morgan fingerprint density at radius 1 is 0.261 bits per heavy atom. The number of carbonyl (C=O) groups excluding carboxylic acids is 3. The highest BCUT2D eigenvalue weighted by atomic mass is 32.1. The number of hydrogen-bond donors (Lipinski definition) is 7. The molecule has 3 aromatic heterocycles. The fraction of sp³-hybridized carbons (Fsp3) is 0.258. The van der Waals surface area contributed by atoms with Crippen molar-refractivity contribution in [1.29, 1.82) is 0 Å². The number of thiophene rings is 3. The van der Waals surface area contributed by atoms with Crippen molar-refractivity contribution in [3.63, 3.8) is 0 Å². The number of hydrogen-bond acceptors (Lipinski definition) is 27. The number of fused-ring (bicyclic) bond motifs is 3. The molecule has 30 heteroatoms. The Kier molecular flexibility index (Phi) is 35.3. The highest BCUT2D eigenvalue weighted by molar-refractivity contribution is 7.23. The van der Waals surface area contributed by atoms with Gasteiger partial charge in [-0.05, 0) is 217 Å². The van der Waals surface area contributed by atoms with Crippen molar-refractivity contribution in [3.05, 3.63) is 234 Å². The van der Waals surface area contributed by atoms with Gasteiger partial charge in [-0.1, -0.05) is 0 Å². The van der Waals surface area contributed by atoms with Crippen LogP contribution in [0.15, 0.2) is 200 Å². The summed E-state index contributed by atoms with van der Waals surface area (Å²) in [4.78, 5) is 74.5. The molecule has 3 heterocycles. The van der Waals surface area contributed by atoms with Crippen LogP contribution in [-0.4, -0.2) is 224 Å². The van der Waals surface area contributed by atoms with E-state index in [1.807, 2.05) is 42.5 Å². The number of carbonyl (C=O) groups is 6. The number of ketones is 3. The summed E-state index contributed by atoms with van der Waals surface area (Å²) in [5.41, 5.74) is 5.82. The van der Waals surface area contributed by atoms with E-state index < -0.39 is 17.9 Å². The number of phenols is 4. The molecule has 0 spiro atoms. The van der Waals surface area contributed by atoms with E-state index in [0.717, 1.165) is 67.3 Å². The van der Waals surface area contributed by atoms with E-state index in [9.17, 15) is 49.2 Å². The number of rotatable bonds is 47. The standard InChI is InChI=1S/2C30H30O9S.C29H28O9S/c1-35-23-7-4-21(5-8-23)30-28(25-11-6-22(31)18-26(25)40-30)29(34)20-2-9-24(10-3-20)39-17-16-37-13-12-36-14-15-38-19-27(32)33;1-35-24-10-11-25-26(18-24)40-30(21-2-6-22(31)7-3-21)28(25)29(34)20-4-8-23(9-5-20)39-17-16-37-13-12-36-14-15-38-19-27(32)33;30-21-5-1-20(2-6-21)29-27(24-10-7-22(31)17-25(24)39-29)28(34)19-3-8-23(9-4-19)38-16-15-36-12-11-35-13-14-37-18-26(32)33/h2*2-11,18,31H,12-17,19H2,1H3,(H,32,33);1-10,17,30-31H,11-16,18H2,(H,32,33). The fourth-order valence-electron chi connectivity index (χ4n) is 11.6. The highest BCUT2D eigenvalue weighted by Gasteiger charge is 2.26. The Hall–Kier alpha value is -11.9. The van der Waals surface area contributed by atoms with Gasteiger partial charge in [0, 0.05) is 78.3 Å². The molecule has 27 nitrogen and oxygen atoms in total.